The molecule has 1 heterocycles. The smallest absolute Gasteiger partial charge is 0.222 e. The van der Waals surface area contributed by atoms with Crippen molar-refractivity contribution in [1.29, 1.82) is 0 Å². The van der Waals surface area contributed by atoms with Gasteiger partial charge in [0.15, 0.2) is 0 Å². The fourth-order valence-corrected chi connectivity index (χ4v) is 3.09. The van der Waals surface area contributed by atoms with Crippen molar-refractivity contribution in [2.75, 3.05) is 31.1 Å². The molecule has 0 radical (unpaired) electrons. The van der Waals surface area contributed by atoms with Gasteiger partial charge in [-0.3, -0.25) is 4.79 Å². The lowest BCUT2D eigenvalue weighted by Gasteiger charge is -2.36. The largest absolute Gasteiger partial charge is 0.368 e. The van der Waals surface area contributed by atoms with Crippen molar-refractivity contribution >= 4 is 23.2 Å². The van der Waals surface area contributed by atoms with Gasteiger partial charge in [-0.15, -0.1) is 0 Å². The topological polar surface area (TPSA) is 23.6 Å². The molecule has 21 heavy (non-hydrogen) atoms. The molecule has 1 aromatic rings. The number of rotatable bonds is 5. The van der Waals surface area contributed by atoms with Gasteiger partial charge in [-0.2, -0.15) is 0 Å². The third kappa shape index (κ3) is 4.63. The van der Waals surface area contributed by atoms with E-state index in [-0.39, 0.29) is 0 Å². The van der Waals surface area contributed by atoms with Crippen LogP contribution in [0.25, 0.3) is 0 Å². The molecule has 0 bridgehead atoms. The van der Waals surface area contributed by atoms with E-state index in [9.17, 15) is 4.79 Å². The highest BCUT2D eigenvalue weighted by atomic mass is 35.5. The minimum atomic E-state index is 0.307. The summed E-state index contributed by atoms with van der Waals surface area (Å²) >= 11 is 6.04. The molecular weight excluding hydrogens is 284 g/mol. The molecule has 1 aromatic carbocycles. The molecule has 0 N–H and O–H groups in total. The van der Waals surface area contributed by atoms with Crippen LogP contribution in [0.2, 0.25) is 5.02 Å². The summed E-state index contributed by atoms with van der Waals surface area (Å²) in [7, 11) is 0. The lowest BCUT2D eigenvalue weighted by molar-refractivity contribution is -0.132. The van der Waals surface area contributed by atoms with Crippen LogP contribution in [0.3, 0.4) is 0 Å². The summed E-state index contributed by atoms with van der Waals surface area (Å²) in [5.41, 5.74) is 1.15. The summed E-state index contributed by atoms with van der Waals surface area (Å²) in [5.74, 6) is 0.801. The van der Waals surface area contributed by atoms with Gasteiger partial charge in [0, 0.05) is 43.3 Å². The molecule has 0 saturated carbocycles. The number of amides is 1. The van der Waals surface area contributed by atoms with Crippen LogP contribution in [0.1, 0.15) is 33.1 Å². The Hall–Kier alpha value is -1.22. The average molecular weight is 309 g/mol. The maximum Gasteiger partial charge on any atom is 0.222 e. The van der Waals surface area contributed by atoms with Crippen molar-refractivity contribution in [2.24, 2.45) is 5.92 Å². The molecule has 0 aromatic heterocycles. The van der Waals surface area contributed by atoms with E-state index in [0.717, 1.165) is 49.7 Å². The van der Waals surface area contributed by atoms with Crippen LogP contribution >= 0.6 is 11.6 Å². The van der Waals surface area contributed by atoms with Crippen LogP contribution < -0.4 is 4.90 Å². The predicted octanol–water partition coefficient (Wildman–Crippen LogP) is 3.81. The van der Waals surface area contributed by atoms with Gasteiger partial charge in [0.25, 0.3) is 0 Å². The van der Waals surface area contributed by atoms with Crippen LogP contribution in [0.4, 0.5) is 5.69 Å². The Morgan fingerprint density at radius 2 is 2.00 bits per heavy atom. The van der Waals surface area contributed by atoms with E-state index < -0.39 is 0 Å². The van der Waals surface area contributed by atoms with Crippen molar-refractivity contribution in [2.45, 2.75) is 33.1 Å². The molecule has 1 saturated heterocycles. The van der Waals surface area contributed by atoms with Crippen molar-refractivity contribution in [3.05, 3.63) is 29.3 Å². The Morgan fingerprint density at radius 1 is 1.29 bits per heavy atom. The zero-order valence-corrected chi connectivity index (χ0v) is 13.8. The number of carbonyl (C=O) groups is 1. The second kappa shape index (κ2) is 7.69. The fourth-order valence-electron chi connectivity index (χ4n) is 2.91. The van der Waals surface area contributed by atoms with E-state index >= 15 is 0 Å². The summed E-state index contributed by atoms with van der Waals surface area (Å²) in [6, 6.07) is 7.93. The van der Waals surface area contributed by atoms with Gasteiger partial charge in [0.1, 0.15) is 0 Å². The molecule has 1 amide bonds. The summed E-state index contributed by atoms with van der Waals surface area (Å²) in [5, 5.41) is 0.763. The molecule has 1 aliphatic heterocycles. The fraction of sp³-hybridized carbons (Fsp3) is 0.588. The minimum absolute atomic E-state index is 0.307. The normalized spacial score (nSPS) is 16.9. The van der Waals surface area contributed by atoms with Gasteiger partial charge < -0.3 is 9.80 Å². The van der Waals surface area contributed by atoms with E-state index in [2.05, 4.69) is 24.8 Å². The third-order valence-corrected chi connectivity index (χ3v) is 4.35. The van der Waals surface area contributed by atoms with Crippen molar-refractivity contribution in [3.8, 4) is 0 Å². The predicted molar refractivity (Wildman–Crippen MR) is 88.9 cm³/mol. The lowest BCUT2D eigenvalue weighted by Crippen LogP contribution is -2.49. The molecular formula is C17H25ClN2O. The van der Waals surface area contributed by atoms with E-state index in [1.54, 1.807) is 0 Å². The molecule has 0 spiro atoms. The average Bonchev–Trinajstić information content (AvgIpc) is 2.47. The molecule has 2 rings (SSSR count). The number of piperazine rings is 1. The third-order valence-electron chi connectivity index (χ3n) is 4.11. The molecule has 1 atom stereocenters. The van der Waals surface area contributed by atoms with Gasteiger partial charge in [-0.1, -0.05) is 44.4 Å². The van der Waals surface area contributed by atoms with Gasteiger partial charge in [0.2, 0.25) is 5.91 Å². The van der Waals surface area contributed by atoms with Gasteiger partial charge in [-0.05, 0) is 24.1 Å². The number of hydrogen-bond acceptors (Lipinski definition) is 2. The first-order valence-electron chi connectivity index (χ1n) is 7.88. The van der Waals surface area contributed by atoms with Crippen LogP contribution in [-0.4, -0.2) is 37.0 Å². The first-order valence-corrected chi connectivity index (χ1v) is 8.26. The zero-order chi connectivity index (χ0) is 15.2. The van der Waals surface area contributed by atoms with E-state index in [1.165, 1.54) is 0 Å². The minimum Gasteiger partial charge on any atom is -0.368 e. The summed E-state index contributed by atoms with van der Waals surface area (Å²) in [6.45, 7) is 7.73. The second-order valence-corrected chi connectivity index (χ2v) is 6.38. The highest BCUT2D eigenvalue weighted by Crippen LogP contribution is 2.21. The van der Waals surface area contributed by atoms with Gasteiger partial charge >= 0.3 is 0 Å². The Labute approximate surface area is 132 Å². The van der Waals surface area contributed by atoms with Crippen molar-refractivity contribution < 1.29 is 4.79 Å². The number of benzene rings is 1. The summed E-state index contributed by atoms with van der Waals surface area (Å²) < 4.78 is 0. The number of hydrogen-bond donors (Lipinski definition) is 0. The molecule has 4 heteroatoms. The first-order chi connectivity index (χ1) is 10.1. The van der Waals surface area contributed by atoms with E-state index in [0.29, 0.717) is 18.2 Å². The molecule has 1 aliphatic rings. The van der Waals surface area contributed by atoms with E-state index in [4.69, 9.17) is 11.6 Å². The van der Waals surface area contributed by atoms with Gasteiger partial charge in [0.05, 0.1) is 0 Å². The number of carbonyl (C=O) groups excluding carboxylic acids is 1. The summed E-state index contributed by atoms with van der Waals surface area (Å²) in [4.78, 5) is 16.6. The maximum absolute atomic E-state index is 12.3. The number of nitrogens with zero attached hydrogens (tertiary/aromatic N) is 2. The Morgan fingerprint density at radius 3 is 2.62 bits per heavy atom. The Bertz CT molecular complexity index is 470. The monoisotopic (exact) mass is 308 g/mol. The lowest BCUT2D eigenvalue weighted by atomic mass is 10.0. The van der Waals surface area contributed by atoms with Crippen LogP contribution in [0, 0.1) is 5.92 Å². The van der Waals surface area contributed by atoms with Crippen LogP contribution in [0.5, 0.6) is 0 Å². The SMILES string of the molecule is CCCC(C)CC(=O)N1CCN(c2cccc(Cl)c2)CC1. The first kappa shape index (κ1) is 16.2. The second-order valence-electron chi connectivity index (χ2n) is 5.95. The van der Waals surface area contributed by atoms with E-state index in [1.807, 2.05) is 23.1 Å². The molecule has 1 unspecified atom stereocenters. The van der Waals surface area contributed by atoms with Crippen LogP contribution in [0.15, 0.2) is 24.3 Å². The Kier molecular flexibility index (Phi) is 5.92. The van der Waals surface area contributed by atoms with Crippen molar-refractivity contribution in [1.82, 2.24) is 4.90 Å². The highest BCUT2D eigenvalue weighted by molar-refractivity contribution is 6.30. The maximum atomic E-state index is 12.3. The highest BCUT2D eigenvalue weighted by Gasteiger charge is 2.22. The number of anilines is 1. The summed E-state index contributed by atoms with van der Waals surface area (Å²) in [6.07, 6.45) is 2.97. The molecule has 1 fully saturated rings. The molecule has 3 nitrogen and oxygen atoms in total. The molecule has 116 valence electrons. The number of halogens is 1. The van der Waals surface area contributed by atoms with Crippen molar-refractivity contribution in [3.63, 3.8) is 0 Å². The Balaban J connectivity index is 1.84. The van der Waals surface area contributed by atoms with Gasteiger partial charge in [-0.25, -0.2) is 0 Å². The standard InChI is InChI=1S/C17H25ClN2O/c1-3-5-14(2)12-17(21)20-10-8-19(9-11-20)16-7-4-6-15(18)13-16/h4,6-7,13-14H,3,5,8-12H2,1-2H3. The quantitative estimate of drug-likeness (QED) is 0.825. The zero-order valence-electron chi connectivity index (χ0n) is 13.0. The van der Waals surface area contributed by atoms with Crippen LogP contribution in [-0.2, 0) is 4.79 Å². The molecule has 0 aliphatic carbocycles.